The largest absolute Gasteiger partial charge is 0.380 e. The minimum absolute atomic E-state index is 0.107. The molecule has 2 unspecified atom stereocenters. The van der Waals surface area contributed by atoms with Crippen LogP contribution >= 0.6 is 0 Å². The molecule has 0 aromatic heterocycles. The summed E-state index contributed by atoms with van der Waals surface area (Å²) in [6.45, 7) is 8.44. The van der Waals surface area contributed by atoms with E-state index in [0.29, 0.717) is 5.92 Å². The highest BCUT2D eigenvalue weighted by Gasteiger charge is 2.26. The summed E-state index contributed by atoms with van der Waals surface area (Å²) in [4.78, 5) is 0. The summed E-state index contributed by atoms with van der Waals surface area (Å²) < 4.78 is 10.9. The van der Waals surface area contributed by atoms with Gasteiger partial charge in [0.25, 0.3) is 0 Å². The van der Waals surface area contributed by atoms with E-state index in [1.165, 1.54) is 0 Å². The number of rotatable bonds is 8. The van der Waals surface area contributed by atoms with Crippen molar-refractivity contribution in [2.45, 2.75) is 58.3 Å². The average Bonchev–Trinajstić information content (AvgIpc) is 2.23. The van der Waals surface area contributed by atoms with Crippen LogP contribution in [0.15, 0.2) is 0 Å². The van der Waals surface area contributed by atoms with E-state index in [-0.39, 0.29) is 17.7 Å². The fourth-order valence-electron chi connectivity index (χ4n) is 1.85. The van der Waals surface area contributed by atoms with Crippen molar-refractivity contribution in [3.63, 3.8) is 0 Å². The second kappa shape index (κ2) is 7.22. The summed E-state index contributed by atoms with van der Waals surface area (Å²) in [6.07, 6.45) is 2.02. The van der Waals surface area contributed by atoms with Crippen LogP contribution in [0.25, 0.3) is 0 Å². The maximum atomic E-state index is 5.59. The predicted octanol–water partition coefficient (Wildman–Crippen LogP) is 1.69. The van der Waals surface area contributed by atoms with Crippen LogP contribution in [0, 0.1) is 5.92 Å². The van der Waals surface area contributed by atoms with Gasteiger partial charge in [-0.3, -0.25) is 11.3 Å². The molecule has 0 aliphatic rings. The molecule has 0 radical (unpaired) electrons. The quantitative estimate of drug-likeness (QED) is 0.494. The summed E-state index contributed by atoms with van der Waals surface area (Å²) in [7, 11) is 3.47. The number of hydrazine groups is 1. The second-order valence-corrected chi connectivity index (χ2v) is 5.22. The summed E-state index contributed by atoms with van der Waals surface area (Å²) in [5.41, 5.74) is 2.74. The van der Waals surface area contributed by atoms with Crippen molar-refractivity contribution >= 4 is 0 Å². The fourth-order valence-corrected chi connectivity index (χ4v) is 1.85. The monoisotopic (exact) mass is 232 g/mol. The maximum Gasteiger partial charge on any atom is 0.0760 e. The van der Waals surface area contributed by atoms with Crippen LogP contribution in [0.4, 0.5) is 0 Å². The van der Waals surface area contributed by atoms with Crippen molar-refractivity contribution in [1.29, 1.82) is 0 Å². The van der Waals surface area contributed by atoms with Gasteiger partial charge >= 0.3 is 0 Å². The molecule has 98 valence electrons. The van der Waals surface area contributed by atoms with Crippen LogP contribution in [0.2, 0.25) is 0 Å². The first-order valence-electron chi connectivity index (χ1n) is 5.92. The molecule has 0 spiro atoms. The van der Waals surface area contributed by atoms with Crippen LogP contribution in [0.1, 0.15) is 40.5 Å². The van der Waals surface area contributed by atoms with E-state index >= 15 is 0 Å². The molecule has 0 saturated carbocycles. The third-order valence-electron chi connectivity index (χ3n) is 3.15. The molecular weight excluding hydrogens is 204 g/mol. The number of hydrogen-bond donors (Lipinski definition) is 2. The molecule has 0 fully saturated rings. The molecule has 0 heterocycles. The Morgan fingerprint density at radius 3 is 2.12 bits per heavy atom. The lowest BCUT2D eigenvalue weighted by molar-refractivity contribution is -0.00560. The first-order valence-corrected chi connectivity index (χ1v) is 5.92. The molecule has 4 nitrogen and oxygen atoms in total. The Morgan fingerprint density at radius 1 is 1.25 bits per heavy atom. The standard InChI is InChI=1S/C12H28N2O2/c1-9(2)11(15-5)10(14-13)7-8-12(3,4)16-6/h9-11,14H,7-8,13H2,1-6H3. The van der Waals surface area contributed by atoms with Crippen molar-refractivity contribution in [1.82, 2.24) is 5.43 Å². The zero-order valence-electron chi connectivity index (χ0n) is 11.5. The van der Waals surface area contributed by atoms with Gasteiger partial charge in [-0.15, -0.1) is 0 Å². The number of hydrogen-bond acceptors (Lipinski definition) is 4. The van der Waals surface area contributed by atoms with Gasteiger partial charge in [-0.2, -0.15) is 0 Å². The highest BCUT2D eigenvalue weighted by atomic mass is 16.5. The molecule has 0 amide bonds. The van der Waals surface area contributed by atoms with Gasteiger partial charge in [0.1, 0.15) is 0 Å². The van der Waals surface area contributed by atoms with Gasteiger partial charge < -0.3 is 9.47 Å². The third-order valence-corrected chi connectivity index (χ3v) is 3.15. The number of ether oxygens (including phenoxy) is 2. The fraction of sp³-hybridized carbons (Fsp3) is 1.00. The Morgan fingerprint density at radius 2 is 1.81 bits per heavy atom. The minimum atomic E-state index is -0.107. The maximum absolute atomic E-state index is 5.59. The highest BCUT2D eigenvalue weighted by Crippen LogP contribution is 2.20. The van der Waals surface area contributed by atoms with Crippen LogP contribution in [-0.2, 0) is 9.47 Å². The minimum Gasteiger partial charge on any atom is -0.380 e. The average molecular weight is 232 g/mol. The first kappa shape index (κ1) is 15.8. The van der Waals surface area contributed by atoms with Crippen molar-refractivity contribution < 1.29 is 9.47 Å². The molecule has 0 bridgehead atoms. The molecule has 3 N–H and O–H groups in total. The van der Waals surface area contributed by atoms with Gasteiger partial charge in [-0.05, 0) is 32.6 Å². The molecule has 0 aliphatic heterocycles. The molecular formula is C12H28N2O2. The third kappa shape index (κ3) is 5.25. The second-order valence-electron chi connectivity index (χ2n) is 5.22. The van der Waals surface area contributed by atoms with E-state index in [4.69, 9.17) is 15.3 Å². The predicted molar refractivity (Wildman–Crippen MR) is 67.1 cm³/mol. The van der Waals surface area contributed by atoms with Crippen LogP contribution in [-0.4, -0.2) is 32.0 Å². The Kier molecular flexibility index (Phi) is 7.15. The highest BCUT2D eigenvalue weighted by molar-refractivity contribution is 4.81. The van der Waals surface area contributed by atoms with Gasteiger partial charge in [-0.1, -0.05) is 13.8 Å². The van der Waals surface area contributed by atoms with Crippen LogP contribution in [0.5, 0.6) is 0 Å². The molecule has 0 rings (SSSR count). The van der Waals surface area contributed by atoms with Gasteiger partial charge in [0.05, 0.1) is 11.7 Å². The lowest BCUT2D eigenvalue weighted by Crippen LogP contribution is -2.48. The zero-order chi connectivity index (χ0) is 12.8. The summed E-state index contributed by atoms with van der Waals surface area (Å²) in [6, 6.07) is 0.166. The molecule has 0 aromatic rings. The lowest BCUT2D eigenvalue weighted by Gasteiger charge is -2.31. The van der Waals surface area contributed by atoms with E-state index in [2.05, 4.69) is 33.1 Å². The zero-order valence-corrected chi connectivity index (χ0v) is 11.5. The lowest BCUT2D eigenvalue weighted by atomic mass is 9.92. The van der Waals surface area contributed by atoms with Crippen molar-refractivity contribution in [3.05, 3.63) is 0 Å². The van der Waals surface area contributed by atoms with Gasteiger partial charge in [-0.25, -0.2) is 0 Å². The van der Waals surface area contributed by atoms with Gasteiger partial charge in [0.15, 0.2) is 0 Å². The van der Waals surface area contributed by atoms with Gasteiger partial charge in [0.2, 0.25) is 0 Å². The molecule has 0 saturated heterocycles. The molecule has 0 aromatic carbocycles. The summed E-state index contributed by atoms with van der Waals surface area (Å²) >= 11 is 0. The van der Waals surface area contributed by atoms with Crippen LogP contribution < -0.4 is 11.3 Å². The molecule has 0 aliphatic carbocycles. The first-order chi connectivity index (χ1) is 7.37. The number of nitrogens with one attached hydrogen (secondary N) is 1. The number of methoxy groups -OCH3 is 2. The Balaban J connectivity index is 4.29. The summed E-state index contributed by atoms with van der Waals surface area (Å²) in [5.74, 6) is 6.03. The summed E-state index contributed by atoms with van der Waals surface area (Å²) in [5, 5.41) is 0. The molecule has 4 heteroatoms. The van der Waals surface area contributed by atoms with E-state index < -0.39 is 0 Å². The number of nitrogens with two attached hydrogens (primary N) is 1. The smallest absolute Gasteiger partial charge is 0.0760 e. The van der Waals surface area contributed by atoms with Crippen LogP contribution in [0.3, 0.4) is 0 Å². The van der Waals surface area contributed by atoms with Crippen molar-refractivity contribution in [2.24, 2.45) is 11.8 Å². The Bertz CT molecular complexity index is 184. The Labute approximate surface area is 99.8 Å². The molecule has 16 heavy (non-hydrogen) atoms. The van der Waals surface area contributed by atoms with E-state index in [1.807, 2.05) is 0 Å². The normalized spacial score (nSPS) is 16.5. The van der Waals surface area contributed by atoms with E-state index in [0.717, 1.165) is 12.8 Å². The van der Waals surface area contributed by atoms with Crippen molar-refractivity contribution in [3.8, 4) is 0 Å². The van der Waals surface area contributed by atoms with E-state index in [9.17, 15) is 0 Å². The molecule has 2 atom stereocenters. The van der Waals surface area contributed by atoms with Crippen molar-refractivity contribution in [2.75, 3.05) is 14.2 Å². The van der Waals surface area contributed by atoms with E-state index in [1.54, 1.807) is 14.2 Å². The Hall–Kier alpha value is -0.160. The SMILES string of the molecule is COC(C(C)C)C(CCC(C)(C)OC)NN. The van der Waals surface area contributed by atoms with Gasteiger partial charge in [0, 0.05) is 20.3 Å². The topological polar surface area (TPSA) is 56.5 Å².